The van der Waals surface area contributed by atoms with Crippen molar-refractivity contribution in [3.8, 4) is 0 Å². The van der Waals surface area contributed by atoms with Gasteiger partial charge >= 0.3 is 5.97 Å². The fraction of sp³-hybridized carbons (Fsp3) is 0.538. The summed E-state index contributed by atoms with van der Waals surface area (Å²) in [6.07, 6.45) is 2.44. The van der Waals surface area contributed by atoms with Crippen molar-refractivity contribution in [1.82, 2.24) is 9.88 Å². The Bertz CT molecular complexity index is 438. The fourth-order valence-electron chi connectivity index (χ4n) is 1.73. The van der Waals surface area contributed by atoms with E-state index in [4.69, 9.17) is 16.7 Å². The Balaban J connectivity index is 3.01. The van der Waals surface area contributed by atoms with Crippen LogP contribution in [0.25, 0.3) is 0 Å². The number of carboxylic acid groups (broad SMARTS) is 1. The Hall–Kier alpha value is -1.33. The average Bonchev–Trinajstić information content (AvgIpc) is 2.34. The van der Waals surface area contributed by atoms with Crippen LogP contribution in [0.2, 0.25) is 5.02 Å². The Morgan fingerprint density at radius 3 is 2.58 bits per heavy atom. The van der Waals surface area contributed by atoms with Crippen molar-refractivity contribution in [3.05, 3.63) is 22.8 Å². The fourth-order valence-corrected chi connectivity index (χ4v) is 2.04. The molecule has 1 rings (SSSR count). The van der Waals surface area contributed by atoms with E-state index in [0.29, 0.717) is 5.82 Å². The summed E-state index contributed by atoms with van der Waals surface area (Å²) in [6.45, 7) is 4.48. The molecule has 0 aromatic carbocycles. The zero-order valence-corrected chi connectivity index (χ0v) is 12.3. The van der Waals surface area contributed by atoms with Crippen molar-refractivity contribution in [1.29, 1.82) is 0 Å². The lowest BCUT2D eigenvalue weighted by Crippen LogP contribution is -2.33. The van der Waals surface area contributed by atoms with Gasteiger partial charge in [-0.25, -0.2) is 9.78 Å². The van der Waals surface area contributed by atoms with E-state index in [-0.39, 0.29) is 10.6 Å². The highest BCUT2D eigenvalue weighted by molar-refractivity contribution is 6.35. The number of pyridine rings is 1. The van der Waals surface area contributed by atoms with Gasteiger partial charge in [-0.05, 0) is 26.6 Å². The lowest BCUT2D eigenvalue weighted by Gasteiger charge is -2.26. The first-order valence-electron chi connectivity index (χ1n) is 6.24. The molecule has 0 amide bonds. The van der Waals surface area contributed by atoms with Gasteiger partial charge in [-0.15, -0.1) is 0 Å². The second-order valence-electron chi connectivity index (χ2n) is 4.59. The molecule has 1 N–H and O–H groups in total. The zero-order chi connectivity index (χ0) is 14.4. The molecule has 0 aliphatic rings. The van der Waals surface area contributed by atoms with Crippen LogP contribution >= 0.6 is 11.6 Å². The van der Waals surface area contributed by atoms with Gasteiger partial charge in [0.1, 0.15) is 5.82 Å². The number of halogens is 1. The van der Waals surface area contributed by atoms with Crippen molar-refractivity contribution >= 4 is 23.4 Å². The van der Waals surface area contributed by atoms with Crippen molar-refractivity contribution in [2.45, 2.75) is 13.3 Å². The minimum atomic E-state index is -1.03. The lowest BCUT2D eigenvalue weighted by atomic mass is 10.2. The van der Waals surface area contributed by atoms with Crippen LogP contribution in [0.3, 0.4) is 0 Å². The second kappa shape index (κ2) is 7.31. The largest absolute Gasteiger partial charge is 0.478 e. The van der Waals surface area contributed by atoms with E-state index in [9.17, 15) is 4.79 Å². The molecule has 1 heterocycles. The van der Waals surface area contributed by atoms with Gasteiger partial charge in [-0.2, -0.15) is 0 Å². The van der Waals surface area contributed by atoms with Crippen LogP contribution in [0, 0.1) is 0 Å². The van der Waals surface area contributed by atoms with Crippen LogP contribution in [0.5, 0.6) is 0 Å². The summed E-state index contributed by atoms with van der Waals surface area (Å²) in [7, 11) is 3.99. The van der Waals surface area contributed by atoms with Crippen LogP contribution in [0.1, 0.15) is 23.7 Å². The summed E-state index contributed by atoms with van der Waals surface area (Å²) >= 11 is 6.15. The minimum Gasteiger partial charge on any atom is -0.478 e. The van der Waals surface area contributed by atoms with Gasteiger partial charge < -0.3 is 14.9 Å². The van der Waals surface area contributed by atoms with E-state index in [2.05, 4.69) is 16.8 Å². The summed E-state index contributed by atoms with van der Waals surface area (Å²) in [5.74, 6) is -0.483. The number of aromatic carboxylic acids is 1. The molecule has 0 fully saturated rings. The van der Waals surface area contributed by atoms with Gasteiger partial charge in [0.2, 0.25) is 0 Å². The molecule has 6 heteroatoms. The summed E-state index contributed by atoms with van der Waals surface area (Å²) in [6, 6.07) is 1.42. The molecule has 0 spiro atoms. The Morgan fingerprint density at radius 1 is 1.37 bits per heavy atom. The highest BCUT2D eigenvalue weighted by Crippen LogP contribution is 2.27. The molecule has 0 aliphatic carbocycles. The van der Waals surface area contributed by atoms with Crippen LogP contribution < -0.4 is 4.90 Å². The molecule has 0 aliphatic heterocycles. The molecular formula is C13H20ClN3O2. The Kier molecular flexibility index (Phi) is 6.05. The van der Waals surface area contributed by atoms with E-state index in [1.807, 2.05) is 19.0 Å². The van der Waals surface area contributed by atoms with Crippen LogP contribution in [-0.2, 0) is 0 Å². The van der Waals surface area contributed by atoms with Gasteiger partial charge in [0.15, 0.2) is 0 Å². The molecule has 1 aromatic heterocycles. The van der Waals surface area contributed by atoms with Gasteiger partial charge in [0.25, 0.3) is 0 Å². The van der Waals surface area contributed by atoms with E-state index in [1.165, 1.54) is 12.3 Å². The third-order valence-corrected chi connectivity index (χ3v) is 3.08. The number of rotatable bonds is 7. The number of hydrogen-bond acceptors (Lipinski definition) is 4. The Morgan fingerprint density at radius 2 is 2.05 bits per heavy atom. The van der Waals surface area contributed by atoms with E-state index in [0.717, 1.165) is 26.1 Å². The number of nitrogens with zero attached hydrogens (tertiary/aromatic N) is 3. The molecule has 19 heavy (non-hydrogen) atoms. The second-order valence-corrected chi connectivity index (χ2v) is 4.97. The normalized spacial score (nSPS) is 10.8. The van der Waals surface area contributed by atoms with Gasteiger partial charge in [-0.1, -0.05) is 18.5 Å². The molecule has 0 unspecified atom stereocenters. The highest BCUT2D eigenvalue weighted by Gasteiger charge is 2.17. The smallest absolute Gasteiger partial charge is 0.337 e. The lowest BCUT2D eigenvalue weighted by molar-refractivity contribution is 0.0697. The van der Waals surface area contributed by atoms with E-state index < -0.39 is 5.97 Å². The van der Waals surface area contributed by atoms with Crippen molar-refractivity contribution in [3.63, 3.8) is 0 Å². The highest BCUT2D eigenvalue weighted by atomic mass is 35.5. The van der Waals surface area contributed by atoms with Crippen molar-refractivity contribution in [2.24, 2.45) is 0 Å². The quantitative estimate of drug-likeness (QED) is 0.832. The van der Waals surface area contributed by atoms with Gasteiger partial charge in [0, 0.05) is 25.8 Å². The Labute approximate surface area is 118 Å². The van der Waals surface area contributed by atoms with Crippen LogP contribution in [0.15, 0.2) is 12.3 Å². The third kappa shape index (κ3) is 4.36. The van der Waals surface area contributed by atoms with Crippen molar-refractivity contribution < 1.29 is 9.90 Å². The monoisotopic (exact) mass is 285 g/mol. The van der Waals surface area contributed by atoms with Crippen LogP contribution in [-0.4, -0.2) is 54.7 Å². The SMILES string of the molecule is CCCN(CCN(C)C)c1nccc(C(=O)O)c1Cl. The predicted molar refractivity (Wildman–Crippen MR) is 77.3 cm³/mol. The first kappa shape index (κ1) is 15.7. The predicted octanol–water partition coefficient (Wildman–Crippen LogP) is 2.21. The number of anilines is 1. The number of likely N-dealkylation sites (N-methyl/N-ethyl adjacent to an activating group) is 1. The molecule has 5 nitrogen and oxygen atoms in total. The molecule has 106 valence electrons. The summed E-state index contributed by atoms with van der Waals surface area (Å²) in [5.41, 5.74) is 0.0950. The topological polar surface area (TPSA) is 56.7 Å². The van der Waals surface area contributed by atoms with Crippen LogP contribution in [0.4, 0.5) is 5.82 Å². The summed E-state index contributed by atoms with van der Waals surface area (Å²) in [5, 5.41) is 9.29. The third-order valence-electron chi connectivity index (χ3n) is 2.71. The molecular weight excluding hydrogens is 266 g/mol. The average molecular weight is 286 g/mol. The molecule has 0 bridgehead atoms. The maximum absolute atomic E-state index is 11.1. The first-order chi connectivity index (χ1) is 8.97. The zero-order valence-electron chi connectivity index (χ0n) is 11.6. The molecule has 0 radical (unpaired) electrons. The first-order valence-corrected chi connectivity index (χ1v) is 6.62. The maximum atomic E-state index is 11.1. The van der Waals surface area contributed by atoms with Gasteiger partial charge in [0.05, 0.1) is 10.6 Å². The summed E-state index contributed by atoms with van der Waals surface area (Å²) in [4.78, 5) is 19.4. The van der Waals surface area contributed by atoms with E-state index in [1.54, 1.807) is 0 Å². The number of aromatic nitrogens is 1. The molecule has 0 atom stereocenters. The van der Waals surface area contributed by atoms with Crippen molar-refractivity contribution in [2.75, 3.05) is 38.6 Å². The molecule has 0 saturated heterocycles. The minimum absolute atomic E-state index is 0.0950. The number of hydrogen-bond donors (Lipinski definition) is 1. The molecule has 1 aromatic rings. The number of carboxylic acids is 1. The standard InChI is InChI=1S/C13H20ClN3O2/c1-4-7-17(9-8-16(2)3)12-11(14)10(13(18)19)5-6-15-12/h5-6H,4,7-9H2,1-3H3,(H,18,19). The number of carbonyl (C=O) groups is 1. The maximum Gasteiger partial charge on any atom is 0.337 e. The molecule has 0 saturated carbocycles. The summed E-state index contributed by atoms with van der Waals surface area (Å²) < 4.78 is 0. The van der Waals surface area contributed by atoms with E-state index >= 15 is 0 Å². The van der Waals surface area contributed by atoms with Gasteiger partial charge in [-0.3, -0.25) is 0 Å².